The van der Waals surface area contributed by atoms with Crippen molar-refractivity contribution in [2.75, 3.05) is 25.0 Å². The molecule has 0 spiro atoms. The van der Waals surface area contributed by atoms with E-state index in [-0.39, 0.29) is 18.4 Å². The van der Waals surface area contributed by atoms with E-state index in [1.807, 2.05) is 19.1 Å². The maximum atomic E-state index is 13.5. The van der Waals surface area contributed by atoms with E-state index in [9.17, 15) is 18.0 Å². The van der Waals surface area contributed by atoms with Gasteiger partial charge < -0.3 is 15.0 Å². The zero-order valence-corrected chi connectivity index (χ0v) is 17.7. The summed E-state index contributed by atoms with van der Waals surface area (Å²) in [5, 5.41) is 2.85. The van der Waals surface area contributed by atoms with Gasteiger partial charge in [0.25, 0.3) is 5.91 Å². The molecule has 1 aromatic carbocycles. The van der Waals surface area contributed by atoms with Gasteiger partial charge in [0, 0.05) is 36.9 Å². The fourth-order valence-electron chi connectivity index (χ4n) is 3.46. The number of aryl methyl sites for hydroxylation is 1. The van der Waals surface area contributed by atoms with Crippen molar-refractivity contribution in [3.63, 3.8) is 0 Å². The second-order valence-electron chi connectivity index (χ2n) is 7.47. The molecule has 0 bridgehead atoms. The first-order chi connectivity index (χ1) is 15.8. The van der Waals surface area contributed by atoms with Crippen LogP contribution >= 0.6 is 0 Å². The highest BCUT2D eigenvalue weighted by Gasteiger charge is 2.32. The summed E-state index contributed by atoms with van der Waals surface area (Å²) >= 11 is 0. The third kappa shape index (κ3) is 5.25. The Morgan fingerprint density at radius 1 is 1.18 bits per heavy atom. The number of benzene rings is 1. The average molecular weight is 458 g/mol. The first-order valence-electron chi connectivity index (χ1n) is 10.3. The molecule has 0 radical (unpaired) electrons. The van der Waals surface area contributed by atoms with Crippen molar-refractivity contribution < 1.29 is 22.7 Å². The van der Waals surface area contributed by atoms with Crippen molar-refractivity contribution in [1.82, 2.24) is 24.8 Å². The van der Waals surface area contributed by atoms with Gasteiger partial charge in [0.05, 0.1) is 24.3 Å². The predicted octanol–water partition coefficient (Wildman–Crippen LogP) is 3.56. The summed E-state index contributed by atoms with van der Waals surface area (Å²) in [7, 11) is 0. The third-order valence-electron chi connectivity index (χ3n) is 5.09. The Labute approximate surface area is 187 Å². The number of halogens is 3. The lowest BCUT2D eigenvalue weighted by molar-refractivity contribution is -0.138. The smallest absolute Gasteiger partial charge is 0.356 e. The Kier molecular flexibility index (Phi) is 6.50. The van der Waals surface area contributed by atoms with Crippen molar-refractivity contribution in [2.24, 2.45) is 0 Å². The molecule has 1 aliphatic heterocycles. The number of nitrogens with one attached hydrogen (secondary N) is 1. The van der Waals surface area contributed by atoms with E-state index in [0.717, 1.165) is 5.56 Å². The number of hydrogen-bond donors (Lipinski definition) is 1. The summed E-state index contributed by atoms with van der Waals surface area (Å²) in [5.74, 6) is 0.200. The van der Waals surface area contributed by atoms with Crippen molar-refractivity contribution in [1.29, 1.82) is 0 Å². The molecule has 0 saturated carbocycles. The molecule has 1 fully saturated rings. The Hall–Kier alpha value is -3.60. The SMILES string of the molecule is Cc1ccc(-c2ncccn2)c(C(=O)N2CCCOC2CNc2ncc(C(F)(F)F)cn2)c1. The molecule has 0 aliphatic carbocycles. The van der Waals surface area contributed by atoms with Gasteiger partial charge in [-0.25, -0.2) is 19.9 Å². The molecular formula is C22H21F3N6O2. The number of aromatic nitrogens is 4. The number of rotatable bonds is 5. The highest BCUT2D eigenvalue weighted by molar-refractivity contribution is 6.00. The Morgan fingerprint density at radius 2 is 1.91 bits per heavy atom. The van der Waals surface area contributed by atoms with E-state index in [1.165, 1.54) is 0 Å². The molecule has 3 aromatic rings. The van der Waals surface area contributed by atoms with Gasteiger partial charge >= 0.3 is 6.18 Å². The Morgan fingerprint density at radius 3 is 2.61 bits per heavy atom. The first-order valence-corrected chi connectivity index (χ1v) is 10.3. The lowest BCUT2D eigenvalue weighted by Gasteiger charge is -2.36. The minimum Gasteiger partial charge on any atom is -0.356 e. The number of carbonyl (C=O) groups is 1. The zero-order valence-electron chi connectivity index (χ0n) is 17.7. The number of anilines is 1. The molecule has 1 unspecified atom stereocenters. The number of nitrogens with zero attached hydrogens (tertiary/aromatic N) is 5. The van der Waals surface area contributed by atoms with Crippen LogP contribution in [-0.4, -0.2) is 56.7 Å². The van der Waals surface area contributed by atoms with Crippen LogP contribution in [-0.2, 0) is 10.9 Å². The van der Waals surface area contributed by atoms with Crippen molar-refractivity contribution >= 4 is 11.9 Å². The summed E-state index contributed by atoms with van der Waals surface area (Å²) in [6.07, 6.45) is 0.123. The number of alkyl halides is 3. The summed E-state index contributed by atoms with van der Waals surface area (Å²) in [6, 6.07) is 7.18. The van der Waals surface area contributed by atoms with Gasteiger partial charge in [0.1, 0.15) is 6.23 Å². The molecule has 1 atom stereocenters. The molecule has 4 rings (SSSR count). The molecule has 3 heterocycles. The highest BCUT2D eigenvalue weighted by Crippen LogP contribution is 2.28. The maximum Gasteiger partial charge on any atom is 0.419 e. The van der Waals surface area contributed by atoms with E-state index in [0.29, 0.717) is 48.9 Å². The maximum absolute atomic E-state index is 13.5. The van der Waals surface area contributed by atoms with E-state index >= 15 is 0 Å². The number of ether oxygens (including phenoxy) is 1. The molecule has 33 heavy (non-hydrogen) atoms. The molecule has 1 saturated heterocycles. The third-order valence-corrected chi connectivity index (χ3v) is 5.09. The molecule has 11 heteroatoms. The number of amides is 1. The Balaban J connectivity index is 1.53. The van der Waals surface area contributed by atoms with Gasteiger partial charge in [-0.1, -0.05) is 17.7 Å². The summed E-state index contributed by atoms with van der Waals surface area (Å²) < 4.78 is 43.9. The van der Waals surface area contributed by atoms with E-state index in [1.54, 1.807) is 29.4 Å². The second kappa shape index (κ2) is 9.49. The second-order valence-corrected chi connectivity index (χ2v) is 7.47. The summed E-state index contributed by atoms with van der Waals surface area (Å²) in [5.41, 5.74) is 1.02. The van der Waals surface area contributed by atoms with Crippen molar-refractivity contribution in [3.8, 4) is 11.4 Å². The van der Waals surface area contributed by atoms with Gasteiger partial charge in [-0.3, -0.25) is 4.79 Å². The van der Waals surface area contributed by atoms with Gasteiger partial charge in [-0.2, -0.15) is 13.2 Å². The summed E-state index contributed by atoms with van der Waals surface area (Å²) in [6.45, 7) is 2.91. The number of hydrogen-bond acceptors (Lipinski definition) is 7. The molecule has 172 valence electrons. The minimum absolute atomic E-state index is 0.0125. The van der Waals surface area contributed by atoms with E-state index in [2.05, 4.69) is 25.3 Å². The average Bonchev–Trinajstić information content (AvgIpc) is 2.82. The van der Waals surface area contributed by atoms with Gasteiger partial charge in [-0.05, 0) is 25.5 Å². The largest absolute Gasteiger partial charge is 0.419 e. The summed E-state index contributed by atoms with van der Waals surface area (Å²) in [4.78, 5) is 31.1. The topological polar surface area (TPSA) is 93.1 Å². The van der Waals surface area contributed by atoms with Crippen molar-refractivity contribution in [2.45, 2.75) is 25.7 Å². The zero-order chi connectivity index (χ0) is 23.4. The molecule has 2 aromatic heterocycles. The van der Waals surface area contributed by atoms with Gasteiger partial charge in [0.2, 0.25) is 5.95 Å². The number of carbonyl (C=O) groups excluding carboxylic acids is 1. The monoisotopic (exact) mass is 458 g/mol. The molecular weight excluding hydrogens is 437 g/mol. The molecule has 8 nitrogen and oxygen atoms in total. The van der Waals surface area contributed by atoms with Crippen LogP contribution in [0.2, 0.25) is 0 Å². The van der Waals surface area contributed by atoms with Crippen LogP contribution in [0.3, 0.4) is 0 Å². The molecule has 1 amide bonds. The van der Waals surface area contributed by atoms with Crippen LogP contribution < -0.4 is 5.32 Å². The predicted molar refractivity (Wildman–Crippen MR) is 113 cm³/mol. The standard InChI is InChI=1S/C22H21F3N6O2/c1-14-4-5-16(19-26-6-2-7-27-19)17(10-14)20(32)31-8-3-9-33-18(31)13-30-21-28-11-15(12-29-21)22(23,24)25/h2,4-7,10-12,18H,3,8-9,13H2,1H3,(H,28,29,30). The van der Waals surface area contributed by atoms with Crippen molar-refractivity contribution in [3.05, 3.63) is 65.7 Å². The van der Waals surface area contributed by atoms with Crippen LogP contribution in [0.1, 0.15) is 27.9 Å². The van der Waals surface area contributed by atoms with Crippen LogP contribution in [0.5, 0.6) is 0 Å². The quantitative estimate of drug-likeness (QED) is 0.625. The van der Waals surface area contributed by atoms with Gasteiger partial charge in [0.15, 0.2) is 5.82 Å². The fourth-order valence-corrected chi connectivity index (χ4v) is 3.46. The lowest BCUT2D eigenvalue weighted by atomic mass is 10.0. The van der Waals surface area contributed by atoms with Crippen LogP contribution in [0, 0.1) is 6.92 Å². The first kappa shape index (κ1) is 22.6. The van der Waals surface area contributed by atoms with Crippen LogP contribution in [0.25, 0.3) is 11.4 Å². The lowest BCUT2D eigenvalue weighted by Crippen LogP contribution is -2.49. The van der Waals surface area contributed by atoms with Crippen LogP contribution in [0.4, 0.5) is 19.1 Å². The minimum atomic E-state index is -4.51. The normalized spacial score (nSPS) is 16.5. The van der Waals surface area contributed by atoms with Gasteiger partial charge in [-0.15, -0.1) is 0 Å². The van der Waals surface area contributed by atoms with Crippen LogP contribution in [0.15, 0.2) is 49.1 Å². The van der Waals surface area contributed by atoms with E-state index < -0.39 is 18.0 Å². The molecule has 1 N–H and O–H groups in total. The van der Waals surface area contributed by atoms with E-state index in [4.69, 9.17) is 4.74 Å². The fraction of sp³-hybridized carbons (Fsp3) is 0.318. The molecule has 1 aliphatic rings. The highest BCUT2D eigenvalue weighted by atomic mass is 19.4. The Bertz CT molecular complexity index is 1110.